The highest BCUT2D eigenvalue weighted by Gasteiger charge is 2.55. The Bertz CT molecular complexity index is 1580. The lowest BCUT2D eigenvalue weighted by Gasteiger charge is -2.38. The number of carbonyl (C=O) groups is 2. The van der Waals surface area contributed by atoms with Gasteiger partial charge in [0.1, 0.15) is 17.7 Å². The van der Waals surface area contributed by atoms with Gasteiger partial charge in [-0.05, 0) is 99.6 Å². The van der Waals surface area contributed by atoms with E-state index in [1.54, 1.807) is 31.2 Å². The molecular weight excluding hydrogens is 600 g/mol. The van der Waals surface area contributed by atoms with Gasteiger partial charge in [-0.15, -0.1) is 0 Å². The van der Waals surface area contributed by atoms with Gasteiger partial charge in [0.2, 0.25) is 21.6 Å². The fourth-order valence-corrected chi connectivity index (χ4v) is 7.89. The summed E-state index contributed by atoms with van der Waals surface area (Å²) in [6.07, 6.45) is 7.42. The van der Waals surface area contributed by atoms with E-state index in [0.717, 1.165) is 38.5 Å². The van der Waals surface area contributed by atoms with E-state index in [4.69, 9.17) is 4.74 Å². The largest absolute Gasteiger partial charge is 0.490 e. The van der Waals surface area contributed by atoms with Crippen molar-refractivity contribution in [2.45, 2.75) is 113 Å². The quantitative estimate of drug-likeness (QED) is 0.321. The number of nitrogens with one attached hydrogen (secondary N) is 3. The molecule has 2 aromatic carbocycles. The maximum Gasteiger partial charge on any atom is 0.259 e. The van der Waals surface area contributed by atoms with Crippen LogP contribution in [0, 0.1) is 5.82 Å². The van der Waals surface area contributed by atoms with Crippen LogP contribution in [0.15, 0.2) is 36.4 Å². The second kappa shape index (κ2) is 12.3. The van der Waals surface area contributed by atoms with Crippen LogP contribution in [0.1, 0.15) is 101 Å². The van der Waals surface area contributed by atoms with Crippen molar-refractivity contribution in [1.29, 1.82) is 0 Å². The molecule has 1 heterocycles. The molecule has 244 valence electrons. The van der Waals surface area contributed by atoms with Gasteiger partial charge in [0.05, 0.1) is 11.7 Å². The molecule has 0 bridgehead atoms. The summed E-state index contributed by atoms with van der Waals surface area (Å²) in [7, 11) is -3.74. The third kappa shape index (κ3) is 6.48. The minimum absolute atomic E-state index is 0.0406. The molecule has 8 nitrogen and oxygen atoms in total. The van der Waals surface area contributed by atoms with Crippen molar-refractivity contribution >= 4 is 21.8 Å². The number of sulfonamides is 1. The molecule has 45 heavy (non-hydrogen) atoms. The van der Waals surface area contributed by atoms with Crippen LogP contribution in [0.5, 0.6) is 5.75 Å². The van der Waals surface area contributed by atoms with Crippen LogP contribution in [0.25, 0.3) is 11.1 Å². The standard InChI is InChI=1S/C34H43F2N3O5S/c1-3-45(42,43)39-31(40)21(2)23-11-14-29(27(17-23)26-9-5-10-28(35)30(26)22-7-4-8-22)44-25-13-12-24(18-25)38-32(41)34(36)19-33(37-20-34)15-6-16-33/h5,9-11,14,17,21-22,24-25,37H,3-4,6-8,12-13,15-16,18-20H2,1-2H3,(H,38,41)(H,39,40)/t21-,24-,25-,34+/m1/s1. The van der Waals surface area contributed by atoms with E-state index in [9.17, 15) is 18.0 Å². The molecular formula is C34H43F2N3O5S. The molecule has 0 radical (unpaired) electrons. The van der Waals surface area contributed by atoms with Crippen molar-refractivity contribution in [1.82, 2.24) is 15.4 Å². The van der Waals surface area contributed by atoms with Gasteiger partial charge in [-0.3, -0.25) is 14.3 Å². The predicted octanol–water partition coefficient (Wildman–Crippen LogP) is 5.37. The highest BCUT2D eigenvalue weighted by molar-refractivity contribution is 7.90. The summed E-state index contributed by atoms with van der Waals surface area (Å²) < 4.78 is 63.7. The molecule has 1 aliphatic heterocycles. The highest BCUT2D eigenvalue weighted by Crippen LogP contribution is 2.46. The van der Waals surface area contributed by atoms with Crippen molar-refractivity contribution < 1.29 is 31.5 Å². The number of ether oxygens (including phenoxy) is 1. The fourth-order valence-electron chi connectivity index (χ4n) is 7.26. The first-order chi connectivity index (χ1) is 21.4. The Morgan fingerprint density at radius 2 is 1.87 bits per heavy atom. The second-order valence-electron chi connectivity index (χ2n) is 13.5. The number of carbonyl (C=O) groups excluding carboxylic acids is 2. The Labute approximate surface area is 264 Å². The Morgan fingerprint density at radius 1 is 1.09 bits per heavy atom. The van der Waals surface area contributed by atoms with E-state index in [-0.39, 0.29) is 48.1 Å². The van der Waals surface area contributed by atoms with Gasteiger partial charge < -0.3 is 15.4 Å². The van der Waals surface area contributed by atoms with Crippen LogP contribution in [0.3, 0.4) is 0 Å². The lowest BCUT2D eigenvalue weighted by atomic mass is 9.74. The van der Waals surface area contributed by atoms with Crippen LogP contribution in [-0.4, -0.2) is 55.9 Å². The number of halogens is 2. The third-order valence-corrected chi connectivity index (χ3v) is 11.8. The Morgan fingerprint density at radius 3 is 2.51 bits per heavy atom. The Kier molecular flexibility index (Phi) is 8.71. The smallest absolute Gasteiger partial charge is 0.259 e. The highest BCUT2D eigenvalue weighted by atomic mass is 32.2. The minimum Gasteiger partial charge on any atom is -0.490 e. The number of rotatable bonds is 10. The SMILES string of the molecule is CCS(=O)(=O)NC(=O)[C@H](C)c1ccc(O[C@@H]2CC[C@@H](NC(=O)[C@@]3(F)CNC4(CCC4)C3)C2)c(-c2cccc(F)c2C2CCC2)c1. The van der Waals surface area contributed by atoms with Crippen molar-refractivity contribution in [2.24, 2.45) is 0 Å². The van der Waals surface area contributed by atoms with Crippen LogP contribution in [-0.2, 0) is 19.6 Å². The number of hydrogen-bond donors (Lipinski definition) is 3. The molecule has 3 saturated carbocycles. The number of amides is 2. The molecule has 0 aromatic heterocycles. The summed E-state index contributed by atoms with van der Waals surface area (Å²) in [4.78, 5) is 25.9. The Balaban J connectivity index is 1.22. The zero-order chi connectivity index (χ0) is 32.0. The molecule has 0 unspecified atom stereocenters. The summed E-state index contributed by atoms with van der Waals surface area (Å²) in [6, 6.07) is 10.0. The van der Waals surface area contributed by atoms with Crippen LogP contribution < -0.4 is 20.1 Å². The first kappa shape index (κ1) is 31.9. The first-order valence-electron chi connectivity index (χ1n) is 16.3. The normalized spacial score (nSPS) is 26.6. The molecule has 6 rings (SSSR count). The summed E-state index contributed by atoms with van der Waals surface area (Å²) in [6.45, 7) is 3.13. The van der Waals surface area contributed by atoms with Crippen molar-refractivity contribution in [3.63, 3.8) is 0 Å². The lowest BCUT2D eigenvalue weighted by Crippen LogP contribution is -2.49. The van der Waals surface area contributed by atoms with E-state index >= 15 is 8.78 Å². The molecule has 2 aromatic rings. The molecule has 1 spiro atoms. The third-order valence-electron chi connectivity index (χ3n) is 10.5. The predicted molar refractivity (Wildman–Crippen MR) is 168 cm³/mol. The summed E-state index contributed by atoms with van der Waals surface area (Å²) in [5.41, 5.74) is 0.376. The van der Waals surface area contributed by atoms with Gasteiger partial charge in [0.15, 0.2) is 0 Å². The fraction of sp³-hybridized carbons (Fsp3) is 0.588. The van der Waals surface area contributed by atoms with Crippen molar-refractivity contribution in [3.8, 4) is 16.9 Å². The average molecular weight is 644 g/mol. The monoisotopic (exact) mass is 643 g/mol. The molecule has 4 atom stereocenters. The van der Waals surface area contributed by atoms with Gasteiger partial charge >= 0.3 is 0 Å². The van der Waals surface area contributed by atoms with E-state index in [2.05, 4.69) is 15.4 Å². The molecule has 3 aliphatic carbocycles. The topological polar surface area (TPSA) is 114 Å². The minimum atomic E-state index is -3.74. The Hall–Kier alpha value is -3.05. The van der Waals surface area contributed by atoms with E-state index in [0.29, 0.717) is 47.3 Å². The maximum atomic E-state index is 15.6. The maximum absolute atomic E-state index is 15.6. The van der Waals surface area contributed by atoms with Crippen LogP contribution in [0.4, 0.5) is 8.78 Å². The van der Waals surface area contributed by atoms with Gasteiger partial charge in [-0.25, -0.2) is 17.2 Å². The van der Waals surface area contributed by atoms with E-state index in [1.165, 1.54) is 13.0 Å². The first-order valence-corrected chi connectivity index (χ1v) is 17.9. The summed E-state index contributed by atoms with van der Waals surface area (Å²) in [5, 5.41) is 6.18. The lowest BCUT2D eigenvalue weighted by molar-refractivity contribution is -0.133. The number of alkyl halides is 1. The van der Waals surface area contributed by atoms with Gasteiger partial charge in [-0.1, -0.05) is 24.6 Å². The zero-order valence-corrected chi connectivity index (χ0v) is 26.8. The van der Waals surface area contributed by atoms with Gasteiger partial charge in [0.25, 0.3) is 5.91 Å². The molecule has 1 saturated heterocycles. The molecule has 4 fully saturated rings. The molecule has 2 amide bonds. The summed E-state index contributed by atoms with van der Waals surface area (Å²) in [5.74, 6) is -1.90. The number of hydrogen-bond acceptors (Lipinski definition) is 6. The van der Waals surface area contributed by atoms with E-state index < -0.39 is 33.4 Å². The zero-order valence-electron chi connectivity index (χ0n) is 26.0. The van der Waals surface area contributed by atoms with Crippen molar-refractivity contribution in [2.75, 3.05) is 12.3 Å². The van der Waals surface area contributed by atoms with Crippen LogP contribution in [0.2, 0.25) is 0 Å². The van der Waals surface area contributed by atoms with Gasteiger partial charge in [0, 0.05) is 36.5 Å². The molecule has 11 heteroatoms. The average Bonchev–Trinajstić information content (AvgIpc) is 3.57. The van der Waals surface area contributed by atoms with E-state index in [1.807, 2.05) is 6.07 Å². The molecule has 4 aliphatic rings. The number of benzene rings is 2. The molecule has 3 N–H and O–H groups in total. The summed E-state index contributed by atoms with van der Waals surface area (Å²) >= 11 is 0. The van der Waals surface area contributed by atoms with Gasteiger partial charge in [-0.2, -0.15) is 0 Å². The second-order valence-corrected chi connectivity index (χ2v) is 15.5. The van der Waals surface area contributed by atoms with Crippen molar-refractivity contribution in [3.05, 3.63) is 53.3 Å². The van der Waals surface area contributed by atoms with Crippen LogP contribution >= 0.6 is 0 Å².